The van der Waals surface area contributed by atoms with Crippen LogP contribution in [0.15, 0.2) is 0 Å². The maximum Gasteiger partial charge on any atom is 0.191 e. The smallest absolute Gasteiger partial charge is 0.191 e. The van der Waals surface area contributed by atoms with Crippen molar-refractivity contribution in [3.63, 3.8) is 0 Å². The molecule has 5 nitrogen and oxygen atoms in total. The highest BCUT2D eigenvalue weighted by molar-refractivity contribution is 4.53. The maximum absolute atomic E-state index is 6.17. The van der Waals surface area contributed by atoms with Gasteiger partial charge in [0.05, 0.1) is 7.11 Å². The number of hydrogen-bond donors (Lipinski definition) is 0. The van der Waals surface area contributed by atoms with E-state index in [9.17, 15) is 0 Å². The fourth-order valence-electron chi connectivity index (χ4n) is 4.38. The predicted octanol–water partition coefficient (Wildman–Crippen LogP) is 9.91. The number of rotatable bonds is 31. The van der Waals surface area contributed by atoms with E-state index in [1.807, 2.05) is 0 Å². The third kappa shape index (κ3) is 26.9. The number of unbranched alkanes of at least 4 members (excludes halogenated alkanes) is 16. The number of ether oxygens (including phenoxy) is 3. The molecular weight excluding hydrogens is 452 g/mol. The summed E-state index contributed by atoms with van der Waals surface area (Å²) in [6, 6.07) is 0. The summed E-state index contributed by atoms with van der Waals surface area (Å²) in [4.78, 5) is 10.0. The van der Waals surface area contributed by atoms with E-state index in [0.29, 0.717) is 6.61 Å². The minimum atomic E-state index is -0.262. The van der Waals surface area contributed by atoms with Gasteiger partial charge in [-0.05, 0) is 38.5 Å². The average Bonchev–Trinajstić information content (AvgIpc) is 2.89. The van der Waals surface area contributed by atoms with Crippen molar-refractivity contribution in [2.75, 3.05) is 26.9 Å². The van der Waals surface area contributed by atoms with Crippen molar-refractivity contribution in [2.45, 2.75) is 175 Å². The molecule has 0 aliphatic rings. The molecule has 0 spiro atoms. The van der Waals surface area contributed by atoms with Gasteiger partial charge in [-0.25, -0.2) is 9.78 Å². The second kappa shape index (κ2) is 31.0. The highest BCUT2D eigenvalue weighted by atomic mass is 17.2. The summed E-state index contributed by atoms with van der Waals surface area (Å²) in [5, 5.41) is 0. The Morgan fingerprint density at radius 1 is 0.389 bits per heavy atom. The van der Waals surface area contributed by atoms with Crippen LogP contribution in [0.3, 0.4) is 0 Å². The SMILES string of the molecule is CCCCCCCCCCOC(CCCCOC(CCCC)OOC)OCCCCCCCCCC. The van der Waals surface area contributed by atoms with Crippen LogP contribution in [-0.2, 0) is 24.0 Å². The van der Waals surface area contributed by atoms with Gasteiger partial charge in [0.15, 0.2) is 12.6 Å². The Labute approximate surface area is 225 Å². The largest absolute Gasteiger partial charge is 0.353 e. The van der Waals surface area contributed by atoms with E-state index in [-0.39, 0.29) is 12.6 Å². The van der Waals surface area contributed by atoms with Crippen LogP contribution in [0, 0.1) is 0 Å². The Bertz CT molecular complexity index is 371. The van der Waals surface area contributed by atoms with Crippen LogP contribution in [0.4, 0.5) is 0 Å². The molecule has 0 saturated heterocycles. The molecule has 0 N–H and O–H groups in total. The highest BCUT2D eigenvalue weighted by Crippen LogP contribution is 2.14. The third-order valence-corrected chi connectivity index (χ3v) is 6.74. The van der Waals surface area contributed by atoms with Gasteiger partial charge in [0.2, 0.25) is 0 Å². The summed E-state index contributed by atoms with van der Waals surface area (Å²) in [5.74, 6) is 0. The lowest BCUT2D eigenvalue weighted by Crippen LogP contribution is -2.20. The fraction of sp³-hybridized carbons (Fsp3) is 1.00. The van der Waals surface area contributed by atoms with E-state index in [1.54, 1.807) is 7.11 Å². The topological polar surface area (TPSA) is 46.2 Å². The van der Waals surface area contributed by atoms with Gasteiger partial charge in [0.1, 0.15) is 0 Å². The zero-order chi connectivity index (χ0) is 26.4. The molecule has 0 aromatic heterocycles. The molecule has 1 atom stereocenters. The van der Waals surface area contributed by atoms with Crippen LogP contribution in [0.1, 0.15) is 162 Å². The van der Waals surface area contributed by atoms with Crippen LogP contribution in [-0.4, -0.2) is 39.5 Å². The molecule has 0 amide bonds. The van der Waals surface area contributed by atoms with Crippen LogP contribution in [0.5, 0.6) is 0 Å². The first-order chi connectivity index (χ1) is 17.8. The molecule has 0 saturated carbocycles. The van der Waals surface area contributed by atoms with Crippen molar-refractivity contribution in [3.8, 4) is 0 Å². The van der Waals surface area contributed by atoms with Crippen molar-refractivity contribution in [1.29, 1.82) is 0 Å². The van der Waals surface area contributed by atoms with Crippen LogP contribution < -0.4 is 0 Å². The molecular formula is C31H64O5. The van der Waals surface area contributed by atoms with Crippen molar-refractivity contribution in [1.82, 2.24) is 0 Å². The summed E-state index contributed by atoms with van der Waals surface area (Å²) in [6.07, 6.45) is 26.8. The van der Waals surface area contributed by atoms with Gasteiger partial charge in [-0.2, -0.15) is 0 Å². The Kier molecular flexibility index (Phi) is 30.8. The highest BCUT2D eigenvalue weighted by Gasteiger charge is 2.12. The first-order valence-corrected chi connectivity index (χ1v) is 15.8. The Morgan fingerprint density at radius 2 is 0.750 bits per heavy atom. The van der Waals surface area contributed by atoms with Crippen LogP contribution in [0.25, 0.3) is 0 Å². The molecule has 0 rings (SSSR count). The Balaban J connectivity index is 4.07. The normalized spacial score (nSPS) is 12.6. The van der Waals surface area contributed by atoms with Crippen molar-refractivity contribution in [3.05, 3.63) is 0 Å². The molecule has 0 aliphatic carbocycles. The van der Waals surface area contributed by atoms with E-state index in [2.05, 4.69) is 20.8 Å². The van der Waals surface area contributed by atoms with E-state index in [4.69, 9.17) is 24.0 Å². The zero-order valence-corrected chi connectivity index (χ0v) is 24.9. The van der Waals surface area contributed by atoms with E-state index in [0.717, 1.165) is 64.6 Å². The molecule has 218 valence electrons. The lowest BCUT2D eigenvalue weighted by atomic mass is 10.1. The van der Waals surface area contributed by atoms with Gasteiger partial charge in [0, 0.05) is 26.2 Å². The molecule has 0 aromatic carbocycles. The van der Waals surface area contributed by atoms with E-state index < -0.39 is 0 Å². The predicted molar refractivity (Wildman–Crippen MR) is 152 cm³/mol. The monoisotopic (exact) mass is 516 g/mol. The van der Waals surface area contributed by atoms with Gasteiger partial charge in [-0.15, -0.1) is 0 Å². The molecule has 0 bridgehead atoms. The summed E-state index contributed by atoms with van der Waals surface area (Å²) in [6.45, 7) is 9.03. The number of hydrogen-bond acceptors (Lipinski definition) is 5. The maximum atomic E-state index is 6.17. The average molecular weight is 517 g/mol. The lowest BCUT2D eigenvalue weighted by Gasteiger charge is -2.19. The molecule has 1 unspecified atom stereocenters. The summed E-state index contributed by atoms with van der Waals surface area (Å²) >= 11 is 0. The van der Waals surface area contributed by atoms with Gasteiger partial charge < -0.3 is 14.2 Å². The molecule has 0 radical (unpaired) electrons. The van der Waals surface area contributed by atoms with E-state index >= 15 is 0 Å². The van der Waals surface area contributed by atoms with Crippen molar-refractivity contribution in [2.24, 2.45) is 0 Å². The molecule has 0 aliphatic heterocycles. The molecule has 0 fully saturated rings. The van der Waals surface area contributed by atoms with Crippen LogP contribution >= 0.6 is 0 Å². The first kappa shape index (κ1) is 35.8. The Hall–Kier alpha value is -0.200. The van der Waals surface area contributed by atoms with Crippen molar-refractivity contribution >= 4 is 0 Å². The fourth-order valence-corrected chi connectivity index (χ4v) is 4.38. The Morgan fingerprint density at radius 3 is 1.19 bits per heavy atom. The quantitative estimate of drug-likeness (QED) is 0.0397. The minimum Gasteiger partial charge on any atom is -0.353 e. The summed E-state index contributed by atoms with van der Waals surface area (Å²) < 4.78 is 18.2. The second-order valence-corrected chi connectivity index (χ2v) is 10.3. The van der Waals surface area contributed by atoms with E-state index in [1.165, 1.54) is 89.9 Å². The lowest BCUT2D eigenvalue weighted by molar-refractivity contribution is -0.365. The van der Waals surface area contributed by atoms with Gasteiger partial charge in [0.25, 0.3) is 0 Å². The summed E-state index contributed by atoms with van der Waals surface area (Å²) in [7, 11) is 1.54. The van der Waals surface area contributed by atoms with Gasteiger partial charge in [-0.1, -0.05) is 117 Å². The molecule has 0 aromatic rings. The van der Waals surface area contributed by atoms with Crippen LogP contribution in [0.2, 0.25) is 0 Å². The summed E-state index contributed by atoms with van der Waals surface area (Å²) in [5.41, 5.74) is 0. The zero-order valence-electron chi connectivity index (χ0n) is 24.9. The molecule has 36 heavy (non-hydrogen) atoms. The first-order valence-electron chi connectivity index (χ1n) is 15.8. The second-order valence-electron chi connectivity index (χ2n) is 10.3. The minimum absolute atomic E-state index is 0.0785. The van der Waals surface area contributed by atoms with Gasteiger partial charge in [-0.3, -0.25) is 0 Å². The molecule has 0 heterocycles. The van der Waals surface area contributed by atoms with Crippen molar-refractivity contribution < 1.29 is 24.0 Å². The standard InChI is InChI=1S/C31H64O5/c1-5-8-11-13-15-17-19-22-27-33-30(34-28-23-20-18-16-14-12-9-6-2)26-21-24-29-35-31(36-32-4)25-10-7-3/h30-31H,5-29H2,1-4H3. The molecule has 5 heteroatoms. The van der Waals surface area contributed by atoms with Gasteiger partial charge >= 0.3 is 0 Å². The third-order valence-electron chi connectivity index (χ3n) is 6.74.